The van der Waals surface area contributed by atoms with E-state index in [0.717, 1.165) is 22.0 Å². The molecule has 106 valence electrons. The second kappa shape index (κ2) is 6.19. The van der Waals surface area contributed by atoms with E-state index in [2.05, 4.69) is 43.4 Å². The van der Waals surface area contributed by atoms with Gasteiger partial charge in [-0.2, -0.15) is 0 Å². The quantitative estimate of drug-likeness (QED) is 0.841. The van der Waals surface area contributed by atoms with Gasteiger partial charge in [0, 0.05) is 17.1 Å². The molecule has 2 rings (SSSR count). The molecule has 0 radical (unpaired) electrons. The van der Waals surface area contributed by atoms with Gasteiger partial charge in [0.2, 0.25) is 0 Å². The third-order valence-electron chi connectivity index (χ3n) is 3.43. The zero-order valence-corrected chi connectivity index (χ0v) is 13.1. The first kappa shape index (κ1) is 14.7. The summed E-state index contributed by atoms with van der Waals surface area (Å²) in [7, 11) is 1.66. The molecule has 0 aromatic heterocycles. The predicted octanol–water partition coefficient (Wildman–Crippen LogP) is 5.14. The summed E-state index contributed by atoms with van der Waals surface area (Å²) < 4.78 is 5.39. The van der Waals surface area contributed by atoms with Crippen molar-refractivity contribution >= 4 is 17.3 Å². The minimum absolute atomic E-state index is 0.199. The summed E-state index contributed by atoms with van der Waals surface area (Å²) in [6.45, 7) is 6.21. The third kappa shape index (κ3) is 3.26. The summed E-state index contributed by atoms with van der Waals surface area (Å²) in [5.41, 5.74) is 4.50. The highest BCUT2D eigenvalue weighted by Gasteiger charge is 2.11. The van der Waals surface area contributed by atoms with Crippen molar-refractivity contribution in [2.45, 2.75) is 26.8 Å². The van der Waals surface area contributed by atoms with Gasteiger partial charge in [-0.15, -0.1) is 0 Å². The van der Waals surface area contributed by atoms with Crippen molar-refractivity contribution in [2.24, 2.45) is 0 Å². The Bertz CT molecular complexity index is 593. The maximum Gasteiger partial charge on any atom is 0.143 e. The summed E-state index contributed by atoms with van der Waals surface area (Å²) in [5.74, 6) is 0.763. The molecule has 1 N–H and O–H groups in total. The van der Waals surface area contributed by atoms with Crippen LogP contribution < -0.4 is 10.1 Å². The lowest BCUT2D eigenvalue weighted by Gasteiger charge is -2.19. The number of anilines is 1. The Morgan fingerprint density at radius 1 is 1.10 bits per heavy atom. The number of nitrogens with one attached hydrogen (secondary N) is 1. The van der Waals surface area contributed by atoms with Gasteiger partial charge < -0.3 is 10.1 Å². The van der Waals surface area contributed by atoms with E-state index >= 15 is 0 Å². The maximum absolute atomic E-state index is 6.13. The molecule has 0 amide bonds. The second-order valence-electron chi connectivity index (χ2n) is 5.08. The van der Waals surface area contributed by atoms with Crippen LogP contribution in [0.4, 0.5) is 5.69 Å². The van der Waals surface area contributed by atoms with Crippen LogP contribution >= 0.6 is 11.6 Å². The molecule has 0 saturated carbocycles. The van der Waals surface area contributed by atoms with Crippen LogP contribution in [0.3, 0.4) is 0 Å². The van der Waals surface area contributed by atoms with Gasteiger partial charge >= 0.3 is 0 Å². The van der Waals surface area contributed by atoms with Crippen molar-refractivity contribution in [1.29, 1.82) is 0 Å². The largest absolute Gasteiger partial charge is 0.495 e. The van der Waals surface area contributed by atoms with Crippen LogP contribution in [0.2, 0.25) is 5.02 Å². The Morgan fingerprint density at radius 3 is 2.35 bits per heavy atom. The van der Waals surface area contributed by atoms with E-state index in [1.807, 2.05) is 19.1 Å². The lowest BCUT2D eigenvalue weighted by atomic mass is 10.1. The van der Waals surface area contributed by atoms with E-state index < -0.39 is 0 Å². The summed E-state index contributed by atoms with van der Waals surface area (Å²) in [6, 6.07) is 12.6. The first-order valence-corrected chi connectivity index (χ1v) is 7.06. The van der Waals surface area contributed by atoms with Gasteiger partial charge in [0.15, 0.2) is 0 Å². The zero-order valence-electron chi connectivity index (χ0n) is 12.3. The Morgan fingerprint density at radius 2 is 1.75 bits per heavy atom. The van der Waals surface area contributed by atoms with Crippen molar-refractivity contribution in [3.8, 4) is 5.75 Å². The smallest absolute Gasteiger partial charge is 0.143 e. The summed E-state index contributed by atoms with van der Waals surface area (Å²) >= 11 is 6.13. The lowest BCUT2D eigenvalue weighted by molar-refractivity contribution is 0.416. The summed E-state index contributed by atoms with van der Waals surface area (Å²) in [6.07, 6.45) is 0. The van der Waals surface area contributed by atoms with Crippen LogP contribution in [0, 0.1) is 13.8 Å². The molecule has 0 aliphatic rings. The monoisotopic (exact) mass is 289 g/mol. The van der Waals surface area contributed by atoms with Crippen molar-refractivity contribution in [1.82, 2.24) is 0 Å². The van der Waals surface area contributed by atoms with Crippen LogP contribution in [0.15, 0.2) is 36.4 Å². The van der Waals surface area contributed by atoms with E-state index in [-0.39, 0.29) is 6.04 Å². The number of hydrogen-bond donors (Lipinski definition) is 1. The molecule has 0 aliphatic heterocycles. The minimum Gasteiger partial charge on any atom is -0.495 e. The third-order valence-corrected chi connectivity index (χ3v) is 3.84. The SMILES string of the molecule is COc1cc(Cl)c(C)cc1NC(C)c1ccc(C)cc1. The summed E-state index contributed by atoms with van der Waals surface area (Å²) in [4.78, 5) is 0. The molecule has 0 aliphatic carbocycles. The van der Waals surface area contributed by atoms with E-state index in [4.69, 9.17) is 16.3 Å². The minimum atomic E-state index is 0.199. The van der Waals surface area contributed by atoms with Crippen LogP contribution in [-0.4, -0.2) is 7.11 Å². The van der Waals surface area contributed by atoms with Crippen LogP contribution in [-0.2, 0) is 0 Å². The fourth-order valence-electron chi connectivity index (χ4n) is 2.12. The number of hydrogen-bond acceptors (Lipinski definition) is 2. The molecule has 2 nitrogen and oxygen atoms in total. The van der Waals surface area contributed by atoms with Crippen molar-refractivity contribution < 1.29 is 4.74 Å². The molecular weight excluding hydrogens is 270 g/mol. The standard InChI is InChI=1S/C17H20ClNO/c1-11-5-7-14(8-6-11)13(3)19-16-9-12(2)15(18)10-17(16)20-4/h5-10,13,19H,1-4H3. The normalized spacial score (nSPS) is 12.1. The molecule has 0 saturated heterocycles. The molecular formula is C17H20ClNO. The Hall–Kier alpha value is -1.67. The molecule has 0 heterocycles. The molecule has 3 heteroatoms. The molecule has 1 unspecified atom stereocenters. The average Bonchev–Trinajstić information content (AvgIpc) is 2.43. The van der Waals surface area contributed by atoms with Gasteiger partial charge in [0.25, 0.3) is 0 Å². The second-order valence-corrected chi connectivity index (χ2v) is 5.49. The molecule has 0 bridgehead atoms. The lowest BCUT2D eigenvalue weighted by Crippen LogP contribution is -2.08. The zero-order chi connectivity index (χ0) is 14.7. The Labute approximate surface area is 125 Å². The number of benzene rings is 2. The fourth-order valence-corrected chi connectivity index (χ4v) is 2.27. The van der Waals surface area contributed by atoms with E-state index in [9.17, 15) is 0 Å². The van der Waals surface area contributed by atoms with Crippen LogP contribution in [0.5, 0.6) is 5.75 Å². The van der Waals surface area contributed by atoms with Gasteiger partial charge in [0.1, 0.15) is 5.75 Å². The van der Waals surface area contributed by atoms with Crippen molar-refractivity contribution in [3.63, 3.8) is 0 Å². The number of aryl methyl sites for hydroxylation is 2. The molecule has 2 aromatic carbocycles. The highest BCUT2D eigenvalue weighted by Crippen LogP contribution is 2.33. The first-order valence-electron chi connectivity index (χ1n) is 6.68. The fraction of sp³-hybridized carbons (Fsp3) is 0.294. The molecule has 1 atom stereocenters. The van der Waals surface area contributed by atoms with Crippen LogP contribution in [0.1, 0.15) is 29.7 Å². The number of methoxy groups -OCH3 is 1. The predicted molar refractivity (Wildman–Crippen MR) is 86.0 cm³/mol. The van der Waals surface area contributed by atoms with E-state index in [1.54, 1.807) is 7.11 Å². The Balaban J connectivity index is 2.25. The highest BCUT2D eigenvalue weighted by atomic mass is 35.5. The van der Waals surface area contributed by atoms with E-state index in [0.29, 0.717) is 0 Å². The van der Waals surface area contributed by atoms with Crippen molar-refractivity contribution in [2.75, 3.05) is 12.4 Å². The topological polar surface area (TPSA) is 21.3 Å². The molecule has 20 heavy (non-hydrogen) atoms. The molecule has 0 spiro atoms. The summed E-state index contributed by atoms with van der Waals surface area (Å²) in [5, 5.41) is 4.20. The molecule has 0 fully saturated rings. The van der Waals surface area contributed by atoms with Gasteiger partial charge in [-0.25, -0.2) is 0 Å². The van der Waals surface area contributed by atoms with Gasteiger partial charge in [-0.1, -0.05) is 41.4 Å². The number of ether oxygens (including phenoxy) is 1. The highest BCUT2D eigenvalue weighted by molar-refractivity contribution is 6.31. The number of halogens is 1. The first-order chi connectivity index (χ1) is 9.51. The Kier molecular flexibility index (Phi) is 4.56. The van der Waals surface area contributed by atoms with Crippen molar-refractivity contribution in [3.05, 3.63) is 58.1 Å². The van der Waals surface area contributed by atoms with Gasteiger partial charge in [-0.05, 0) is 38.0 Å². The van der Waals surface area contributed by atoms with Gasteiger partial charge in [0.05, 0.1) is 12.8 Å². The average molecular weight is 290 g/mol. The molecule has 2 aromatic rings. The maximum atomic E-state index is 6.13. The number of rotatable bonds is 4. The van der Waals surface area contributed by atoms with Crippen LogP contribution in [0.25, 0.3) is 0 Å². The van der Waals surface area contributed by atoms with E-state index in [1.165, 1.54) is 11.1 Å². The van der Waals surface area contributed by atoms with Gasteiger partial charge in [-0.3, -0.25) is 0 Å².